The third-order valence-corrected chi connectivity index (χ3v) is 7.22. The summed E-state index contributed by atoms with van der Waals surface area (Å²) in [6.07, 6.45) is 10.5. The lowest BCUT2D eigenvalue weighted by Crippen LogP contribution is -2.29. The van der Waals surface area contributed by atoms with E-state index in [1.165, 1.54) is 6.42 Å². The first-order chi connectivity index (χ1) is 16.2. The summed E-state index contributed by atoms with van der Waals surface area (Å²) in [4.78, 5) is 26.7. The van der Waals surface area contributed by atoms with Gasteiger partial charge in [0.1, 0.15) is 0 Å². The second-order valence-corrected chi connectivity index (χ2v) is 9.72. The van der Waals surface area contributed by atoms with Crippen molar-refractivity contribution < 1.29 is 4.52 Å². The predicted octanol–water partition coefficient (Wildman–Crippen LogP) is 5.73. The quantitative estimate of drug-likeness (QED) is 0.189. The maximum atomic E-state index is 13.4. The number of aryl methyl sites for hydroxylation is 1. The maximum Gasteiger partial charge on any atom is 0.262 e. The molecule has 1 aromatic carbocycles. The molecule has 1 aliphatic carbocycles. The Hall–Kier alpha value is -2.71. The highest BCUT2D eigenvalue weighted by molar-refractivity contribution is 7.99. The number of nitrogens with zero attached hydrogens (tertiary/aromatic N) is 5. The second-order valence-electron chi connectivity index (χ2n) is 8.22. The van der Waals surface area contributed by atoms with E-state index in [-0.39, 0.29) is 11.6 Å². The van der Waals surface area contributed by atoms with E-state index in [2.05, 4.69) is 15.1 Å². The number of hydrogen-bond donors (Lipinski definition) is 0. The molecule has 0 atom stereocenters. The molecule has 0 amide bonds. The highest BCUT2D eigenvalue weighted by atomic mass is 35.5. The minimum absolute atomic E-state index is 0.0324. The molecule has 1 aliphatic rings. The Morgan fingerprint density at radius 3 is 2.73 bits per heavy atom. The molecule has 170 valence electrons. The monoisotopic (exact) mass is 481 g/mol. The number of benzene rings is 1. The number of rotatable bonds is 7. The van der Waals surface area contributed by atoms with Crippen molar-refractivity contribution in [3.8, 4) is 11.4 Å². The van der Waals surface area contributed by atoms with Crippen LogP contribution in [0, 0.1) is 0 Å². The van der Waals surface area contributed by atoms with Crippen LogP contribution in [0.5, 0.6) is 0 Å². The van der Waals surface area contributed by atoms with Crippen LogP contribution < -0.4 is 5.56 Å². The van der Waals surface area contributed by atoms with Gasteiger partial charge in [-0.05, 0) is 49.6 Å². The van der Waals surface area contributed by atoms with Gasteiger partial charge in [-0.1, -0.05) is 47.8 Å². The first kappa shape index (κ1) is 22.1. The normalized spacial score (nSPS) is 14.7. The van der Waals surface area contributed by atoms with Gasteiger partial charge in [0.05, 0.1) is 10.9 Å². The molecular formula is C24H24ClN5O2S. The lowest BCUT2D eigenvalue weighted by molar-refractivity contribution is 0.326. The van der Waals surface area contributed by atoms with Crippen LogP contribution in [0.1, 0.15) is 50.5 Å². The number of hydrogen-bond acceptors (Lipinski definition) is 7. The fraction of sp³-hybridized carbons (Fsp3) is 0.375. The van der Waals surface area contributed by atoms with Crippen LogP contribution in [0.2, 0.25) is 5.02 Å². The Morgan fingerprint density at radius 2 is 1.91 bits per heavy atom. The zero-order chi connectivity index (χ0) is 22.6. The Kier molecular flexibility index (Phi) is 6.73. The third-order valence-electron chi connectivity index (χ3n) is 5.94. The van der Waals surface area contributed by atoms with Crippen LogP contribution >= 0.6 is 23.4 Å². The van der Waals surface area contributed by atoms with Gasteiger partial charge < -0.3 is 4.52 Å². The summed E-state index contributed by atoms with van der Waals surface area (Å²) >= 11 is 7.78. The standard InChI is InChI=1S/C24H24ClN5O2S/c25-17-8-9-19-20(15-17)27-24(30(23(19)31)18-5-2-1-3-6-18)33-14-4-7-21-28-22(29-32-21)16-10-12-26-13-11-16/h8-13,15,18H,1-7,14H2. The molecule has 0 aliphatic heterocycles. The Labute approximate surface area is 200 Å². The number of pyridine rings is 1. The topological polar surface area (TPSA) is 86.7 Å². The van der Waals surface area contributed by atoms with Crippen molar-refractivity contribution >= 4 is 34.3 Å². The highest BCUT2D eigenvalue weighted by Gasteiger charge is 2.22. The van der Waals surface area contributed by atoms with Crippen molar-refractivity contribution in [2.24, 2.45) is 0 Å². The lowest BCUT2D eigenvalue weighted by Gasteiger charge is -2.26. The van der Waals surface area contributed by atoms with Crippen LogP contribution in [0.4, 0.5) is 0 Å². The van der Waals surface area contributed by atoms with E-state index in [0.29, 0.717) is 34.1 Å². The first-order valence-corrected chi connectivity index (χ1v) is 12.6. The van der Waals surface area contributed by atoms with E-state index in [9.17, 15) is 4.79 Å². The van der Waals surface area contributed by atoms with E-state index in [1.54, 1.807) is 42.4 Å². The summed E-state index contributed by atoms with van der Waals surface area (Å²) < 4.78 is 7.33. The Morgan fingerprint density at radius 1 is 1.09 bits per heavy atom. The molecule has 3 aromatic heterocycles. The summed E-state index contributed by atoms with van der Waals surface area (Å²) in [6, 6.07) is 9.23. The van der Waals surface area contributed by atoms with Gasteiger partial charge in [-0.2, -0.15) is 4.98 Å². The number of thioether (sulfide) groups is 1. The van der Waals surface area contributed by atoms with Crippen molar-refractivity contribution in [3.05, 3.63) is 64.0 Å². The van der Waals surface area contributed by atoms with Crippen LogP contribution in [0.25, 0.3) is 22.3 Å². The maximum absolute atomic E-state index is 13.4. The SMILES string of the molecule is O=c1c2ccc(Cl)cc2nc(SCCCc2nc(-c3ccncc3)no2)n1C1CCCCC1. The molecule has 0 N–H and O–H groups in total. The molecule has 0 saturated heterocycles. The highest BCUT2D eigenvalue weighted by Crippen LogP contribution is 2.31. The van der Waals surface area contributed by atoms with Crippen LogP contribution in [0.3, 0.4) is 0 Å². The number of aromatic nitrogens is 5. The molecule has 0 spiro atoms. The molecule has 4 aromatic rings. The second kappa shape index (κ2) is 10.1. The lowest BCUT2D eigenvalue weighted by atomic mass is 9.95. The van der Waals surface area contributed by atoms with Gasteiger partial charge in [-0.25, -0.2) is 4.98 Å². The molecule has 0 radical (unpaired) electrons. The van der Waals surface area contributed by atoms with Gasteiger partial charge in [0, 0.05) is 41.2 Å². The Balaban J connectivity index is 1.32. The fourth-order valence-corrected chi connectivity index (χ4v) is 5.45. The van der Waals surface area contributed by atoms with Crippen LogP contribution in [-0.2, 0) is 6.42 Å². The molecule has 1 saturated carbocycles. The van der Waals surface area contributed by atoms with Crippen molar-refractivity contribution in [1.29, 1.82) is 0 Å². The van der Waals surface area contributed by atoms with E-state index < -0.39 is 0 Å². The van der Waals surface area contributed by atoms with E-state index in [1.807, 2.05) is 16.7 Å². The van der Waals surface area contributed by atoms with E-state index >= 15 is 0 Å². The third kappa shape index (κ3) is 4.96. The van der Waals surface area contributed by atoms with Gasteiger partial charge >= 0.3 is 0 Å². The van der Waals surface area contributed by atoms with Gasteiger partial charge in [-0.3, -0.25) is 14.3 Å². The van der Waals surface area contributed by atoms with Crippen molar-refractivity contribution in [1.82, 2.24) is 24.7 Å². The van der Waals surface area contributed by atoms with Gasteiger partial charge in [0.2, 0.25) is 11.7 Å². The molecule has 9 heteroatoms. The average molecular weight is 482 g/mol. The summed E-state index contributed by atoms with van der Waals surface area (Å²) in [6.45, 7) is 0. The summed E-state index contributed by atoms with van der Waals surface area (Å²) in [5, 5.41) is 6.04. The fourth-order valence-electron chi connectivity index (χ4n) is 4.28. The number of halogens is 1. The van der Waals surface area contributed by atoms with Crippen LogP contribution in [-0.4, -0.2) is 30.4 Å². The summed E-state index contributed by atoms with van der Waals surface area (Å²) in [5.41, 5.74) is 1.57. The largest absolute Gasteiger partial charge is 0.339 e. The smallest absolute Gasteiger partial charge is 0.262 e. The van der Waals surface area contributed by atoms with Gasteiger partial charge in [-0.15, -0.1) is 0 Å². The predicted molar refractivity (Wildman–Crippen MR) is 130 cm³/mol. The first-order valence-electron chi connectivity index (χ1n) is 11.3. The van der Waals surface area contributed by atoms with Crippen molar-refractivity contribution in [2.75, 3.05) is 5.75 Å². The van der Waals surface area contributed by atoms with E-state index in [4.69, 9.17) is 21.1 Å². The van der Waals surface area contributed by atoms with Gasteiger partial charge in [0.15, 0.2) is 5.16 Å². The minimum atomic E-state index is 0.0324. The molecule has 1 fully saturated rings. The average Bonchev–Trinajstić information content (AvgIpc) is 3.32. The van der Waals surface area contributed by atoms with Crippen molar-refractivity contribution in [2.45, 2.75) is 56.1 Å². The summed E-state index contributed by atoms with van der Waals surface area (Å²) in [5.74, 6) is 1.96. The van der Waals surface area contributed by atoms with Crippen molar-refractivity contribution in [3.63, 3.8) is 0 Å². The minimum Gasteiger partial charge on any atom is -0.339 e. The molecule has 3 heterocycles. The van der Waals surface area contributed by atoms with Gasteiger partial charge in [0.25, 0.3) is 5.56 Å². The Bertz CT molecular complexity index is 1300. The zero-order valence-electron chi connectivity index (χ0n) is 18.1. The molecule has 5 rings (SSSR count). The molecule has 0 bridgehead atoms. The zero-order valence-corrected chi connectivity index (χ0v) is 19.7. The summed E-state index contributed by atoms with van der Waals surface area (Å²) in [7, 11) is 0. The van der Waals surface area contributed by atoms with E-state index in [0.717, 1.165) is 48.6 Å². The molecule has 7 nitrogen and oxygen atoms in total. The van der Waals surface area contributed by atoms with Crippen LogP contribution in [0.15, 0.2) is 57.2 Å². The molecule has 0 unspecified atom stereocenters. The number of fused-ring (bicyclic) bond motifs is 1. The molecular weight excluding hydrogens is 458 g/mol. The molecule has 33 heavy (non-hydrogen) atoms.